The van der Waals surface area contributed by atoms with Crippen LogP contribution in [0.2, 0.25) is 10.0 Å². The summed E-state index contributed by atoms with van der Waals surface area (Å²) in [6.07, 6.45) is -0.472. The van der Waals surface area contributed by atoms with Gasteiger partial charge < -0.3 is 63.7 Å². The third-order valence-corrected chi connectivity index (χ3v) is 9.38. The summed E-state index contributed by atoms with van der Waals surface area (Å²) in [5.74, 6) is -0.237. The third-order valence-electron chi connectivity index (χ3n) is 8.94. The van der Waals surface area contributed by atoms with Crippen LogP contribution >= 0.6 is 23.2 Å². The lowest BCUT2D eigenvalue weighted by atomic mass is 9.95. The van der Waals surface area contributed by atoms with Crippen molar-refractivity contribution in [1.29, 1.82) is 0 Å². The van der Waals surface area contributed by atoms with Crippen LogP contribution in [0.15, 0.2) is 54.6 Å². The SMILES string of the molecule is COc1cc2c(cc1-c1cccc(NC(=O)NCCOCCOCCOCCOCCOCCOCCNC(=O)OC(C)(C)C)c1)-c1c(c(C(=O)O)nn1-c1cc(Cl)cc(Cl)c1)CO2. The van der Waals surface area contributed by atoms with E-state index in [4.69, 9.17) is 65.8 Å². The van der Waals surface area contributed by atoms with Gasteiger partial charge in [0.2, 0.25) is 0 Å². The van der Waals surface area contributed by atoms with Crippen molar-refractivity contribution in [2.24, 2.45) is 0 Å². The first kappa shape index (κ1) is 49.8. The number of aromatic nitrogens is 2. The highest BCUT2D eigenvalue weighted by Gasteiger charge is 2.31. The Morgan fingerprint density at radius 1 is 0.750 bits per heavy atom. The fourth-order valence-corrected chi connectivity index (χ4v) is 6.73. The van der Waals surface area contributed by atoms with E-state index in [-0.39, 0.29) is 25.5 Å². The zero-order chi connectivity index (χ0) is 45.9. The molecular formula is C44H55Cl2N5O13. The first-order valence-corrected chi connectivity index (χ1v) is 21.3. The number of nitrogens with zero attached hydrogens (tertiary/aromatic N) is 2. The molecular weight excluding hydrogens is 877 g/mol. The number of amides is 3. The number of carbonyl (C=O) groups is 3. The van der Waals surface area contributed by atoms with Gasteiger partial charge in [-0.2, -0.15) is 5.10 Å². The van der Waals surface area contributed by atoms with Gasteiger partial charge in [0.15, 0.2) is 5.69 Å². The predicted molar refractivity (Wildman–Crippen MR) is 238 cm³/mol. The van der Waals surface area contributed by atoms with Crippen LogP contribution in [0.4, 0.5) is 15.3 Å². The molecule has 18 nitrogen and oxygen atoms in total. The summed E-state index contributed by atoms with van der Waals surface area (Å²) in [5, 5.41) is 23.4. The Labute approximate surface area is 381 Å². The maximum Gasteiger partial charge on any atom is 0.407 e. The molecule has 64 heavy (non-hydrogen) atoms. The number of carboxylic acid groups (broad SMARTS) is 1. The van der Waals surface area contributed by atoms with Crippen molar-refractivity contribution in [2.75, 3.05) is 105 Å². The van der Waals surface area contributed by atoms with Crippen molar-refractivity contribution < 1.29 is 62.1 Å². The van der Waals surface area contributed by atoms with Crippen molar-refractivity contribution in [3.8, 4) is 39.6 Å². The van der Waals surface area contributed by atoms with E-state index in [0.29, 0.717) is 140 Å². The van der Waals surface area contributed by atoms with Gasteiger partial charge in [-0.1, -0.05) is 35.3 Å². The van der Waals surface area contributed by atoms with Crippen LogP contribution in [0.25, 0.3) is 28.1 Å². The molecule has 0 aliphatic carbocycles. The number of carbonyl (C=O) groups excluding carboxylic acids is 2. The van der Waals surface area contributed by atoms with Gasteiger partial charge >= 0.3 is 18.1 Å². The Morgan fingerprint density at radius 2 is 1.31 bits per heavy atom. The summed E-state index contributed by atoms with van der Waals surface area (Å²) in [7, 11) is 1.54. The first-order chi connectivity index (χ1) is 30.8. The van der Waals surface area contributed by atoms with Crippen LogP contribution in [-0.4, -0.2) is 138 Å². The van der Waals surface area contributed by atoms with Crippen LogP contribution < -0.4 is 25.4 Å². The Bertz CT molecular complexity index is 2140. The fourth-order valence-electron chi connectivity index (χ4n) is 6.21. The van der Waals surface area contributed by atoms with Crippen LogP contribution in [-0.2, 0) is 39.8 Å². The standard InChI is InChI=1S/C44H55Cl2N5O13/c1-44(2,3)64-43(55)48-9-11-58-13-15-60-17-19-62-21-20-61-18-16-59-14-12-57-10-8-47-42(54)49-32-7-5-6-29(22-32)34-26-35-38(27-37(34)56-4)63-28-36-39(41(52)53)50-51(40(35)36)33-24-30(45)23-31(46)25-33/h5-7,22-27H,8-21,28H2,1-4H3,(H,48,55)(H,52,53)(H2,47,49,54). The normalized spacial score (nSPS) is 11.9. The van der Waals surface area contributed by atoms with Gasteiger partial charge in [-0.05, 0) is 62.7 Å². The lowest BCUT2D eigenvalue weighted by molar-refractivity contribution is -0.0164. The maximum atomic E-state index is 12.8. The van der Waals surface area contributed by atoms with E-state index < -0.39 is 23.7 Å². The zero-order valence-electron chi connectivity index (χ0n) is 36.3. The topological polar surface area (TPSA) is 208 Å². The van der Waals surface area contributed by atoms with Crippen molar-refractivity contribution in [3.63, 3.8) is 0 Å². The fraction of sp³-hybridized carbons (Fsp3) is 0.455. The molecule has 20 heteroatoms. The minimum absolute atomic E-state index is 0.0269. The highest BCUT2D eigenvalue weighted by Crippen LogP contribution is 2.46. The molecule has 4 N–H and O–H groups in total. The molecule has 0 unspecified atom stereocenters. The number of hydrogen-bond acceptors (Lipinski definition) is 13. The molecule has 0 bridgehead atoms. The molecule has 3 aromatic carbocycles. The molecule has 348 valence electrons. The lowest BCUT2D eigenvalue weighted by Gasteiger charge is -2.22. The number of hydrogen-bond donors (Lipinski definition) is 4. The van der Waals surface area contributed by atoms with Crippen molar-refractivity contribution in [1.82, 2.24) is 20.4 Å². The summed E-state index contributed by atoms with van der Waals surface area (Å²) in [6.45, 7) is 10.8. The number of urea groups is 1. The number of nitrogens with one attached hydrogen (secondary N) is 3. The molecule has 1 aliphatic rings. The number of rotatable bonds is 26. The van der Waals surface area contributed by atoms with Crippen molar-refractivity contribution in [2.45, 2.75) is 33.0 Å². The van der Waals surface area contributed by atoms with Crippen LogP contribution in [0.5, 0.6) is 11.5 Å². The number of fused-ring (bicyclic) bond motifs is 3. The summed E-state index contributed by atoms with van der Waals surface area (Å²) >= 11 is 12.6. The number of ether oxygens (including phenoxy) is 9. The molecule has 3 amide bonds. The second kappa shape index (κ2) is 25.3. The number of halogens is 2. The Morgan fingerprint density at radius 3 is 1.86 bits per heavy atom. The number of methoxy groups -OCH3 is 1. The summed E-state index contributed by atoms with van der Waals surface area (Å²) < 4.78 is 51.4. The molecule has 4 aromatic rings. The Balaban J connectivity index is 0.948. The average molecular weight is 933 g/mol. The number of alkyl carbamates (subject to hydrolysis) is 1. The van der Waals surface area contributed by atoms with Gasteiger partial charge in [0.25, 0.3) is 0 Å². The number of carboxylic acids is 1. The van der Waals surface area contributed by atoms with Gasteiger partial charge in [0.05, 0.1) is 103 Å². The van der Waals surface area contributed by atoms with Gasteiger partial charge in [0.1, 0.15) is 23.7 Å². The summed E-state index contributed by atoms with van der Waals surface area (Å²) in [6, 6.07) is 15.2. The number of anilines is 1. The Kier molecular flexibility index (Phi) is 19.7. The van der Waals surface area contributed by atoms with Gasteiger partial charge in [-0.15, -0.1) is 0 Å². The molecule has 0 atom stereocenters. The van der Waals surface area contributed by atoms with Crippen LogP contribution in [0, 0.1) is 0 Å². The minimum atomic E-state index is -1.21. The molecule has 0 saturated carbocycles. The highest BCUT2D eigenvalue weighted by molar-refractivity contribution is 6.34. The molecule has 0 fully saturated rings. The monoisotopic (exact) mass is 931 g/mol. The Hall–Kier alpha value is -5.18. The second-order valence-electron chi connectivity index (χ2n) is 14.9. The summed E-state index contributed by atoms with van der Waals surface area (Å²) in [4.78, 5) is 36.6. The zero-order valence-corrected chi connectivity index (χ0v) is 37.8. The predicted octanol–water partition coefficient (Wildman–Crippen LogP) is 6.86. The number of aromatic carboxylic acids is 1. The minimum Gasteiger partial charge on any atom is -0.496 e. The summed E-state index contributed by atoms with van der Waals surface area (Å²) in [5.41, 5.74) is 3.16. The largest absolute Gasteiger partial charge is 0.496 e. The second-order valence-corrected chi connectivity index (χ2v) is 15.8. The molecule has 0 radical (unpaired) electrons. The highest BCUT2D eigenvalue weighted by atomic mass is 35.5. The molecule has 5 rings (SSSR count). The third kappa shape index (κ3) is 15.8. The van der Waals surface area contributed by atoms with Gasteiger partial charge in [-0.3, -0.25) is 0 Å². The van der Waals surface area contributed by atoms with E-state index >= 15 is 0 Å². The van der Waals surface area contributed by atoms with Crippen LogP contribution in [0.1, 0.15) is 36.8 Å². The van der Waals surface area contributed by atoms with E-state index in [1.165, 1.54) is 11.8 Å². The molecule has 0 spiro atoms. The quantitative estimate of drug-likeness (QED) is 0.0475. The molecule has 2 heterocycles. The first-order valence-electron chi connectivity index (χ1n) is 20.6. The van der Waals surface area contributed by atoms with Crippen LogP contribution in [0.3, 0.4) is 0 Å². The van der Waals surface area contributed by atoms with E-state index in [1.807, 2.05) is 12.1 Å². The number of benzene rings is 3. The smallest absolute Gasteiger partial charge is 0.407 e. The van der Waals surface area contributed by atoms with E-state index in [2.05, 4.69) is 21.0 Å². The molecule has 1 aromatic heterocycles. The lowest BCUT2D eigenvalue weighted by Crippen LogP contribution is -2.34. The van der Waals surface area contributed by atoms with E-state index in [0.717, 1.165) is 0 Å². The van der Waals surface area contributed by atoms with Crippen molar-refractivity contribution in [3.05, 3.63) is 75.9 Å². The molecule has 0 saturated heterocycles. The maximum absolute atomic E-state index is 12.8. The van der Waals surface area contributed by atoms with Gasteiger partial charge in [-0.25, -0.2) is 19.1 Å². The molecule has 1 aliphatic heterocycles. The average Bonchev–Trinajstić information content (AvgIpc) is 3.65. The van der Waals surface area contributed by atoms with E-state index in [1.54, 1.807) is 63.2 Å². The van der Waals surface area contributed by atoms with Gasteiger partial charge in [0, 0.05) is 46.0 Å². The van der Waals surface area contributed by atoms with Crippen molar-refractivity contribution >= 4 is 47.0 Å². The van der Waals surface area contributed by atoms with E-state index in [9.17, 15) is 19.5 Å².